The highest BCUT2D eigenvalue weighted by Gasteiger charge is 2.29. The summed E-state index contributed by atoms with van der Waals surface area (Å²) in [6.07, 6.45) is 8.25. The first kappa shape index (κ1) is 23.3. The van der Waals surface area contributed by atoms with Gasteiger partial charge in [-0.15, -0.1) is 0 Å². The molecule has 0 aromatic heterocycles. The number of ether oxygens (including phenoxy) is 1. The van der Waals surface area contributed by atoms with Crippen LogP contribution in [0.5, 0.6) is 0 Å². The average molecular weight is 422 g/mol. The topological polar surface area (TPSA) is 60.4 Å². The molecule has 1 N–H and O–H groups in total. The van der Waals surface area contributed by atoms with Crippen LogP contribution in [-0.4, -0.2) is 99.2 Å². The van der Waals surface area contributed by atoms with Gasteiger partial charge in [-0.3, -0.25) is 14.7 Å². The predicted molar refractivity (Wildman–Crippen MR) is 122 cm³/mol. The van der Waals surface area contributed by atoms with Crippen molar-refractivity contribution >= 4 is 11.9 Å². The number of aliphatic imine (C=N–C) groups is 1. The van der Waals surface area contributed by atoms with Crippen LogP contribution in [0.25, 0.3) is 0 Å². The summed E-state index contributed by atoms with van der Waals surface area (Å²) in [5, 5.41) is 3.44. The van der Waals surface area contributed by atoms with Gasteiger partial charge in [0.05, 0.1) is 6.54 Å². The Kier molecular flexibility index (Phi) is 9.72. The van der Waals surface area contributed by atoms with Crippen LogP contribution >= 0.6 is 0 Å². The summed E-state index contributed by atoms with van der Waals surface area (Å²) < 4.78 is 5.47. The van der Waals surface area contributed by atoms with Crippen LogP contribution in [0.3, 0.4) is 0 Å². The first-order valence-corrected chi connectivity index (χ1v) is 12.3. The van der Waals surface area contributed by atoms with E-state index in [0.717, 1.165) is 90.3 Å². The highest BCUT2D eigenvalue weighted by molar-refractivity contribution is 5.80. The maximum absolute atomic E-state index is 12.6. The summed E-state index contributed by atoms with van der Waals surface area (Å²) in [6.45, 7) is 11.4. The van der Waals surface area contributed by atoms with Crippen molar-refractivity contribution in [2.24, 2.45) is 16.8 Å². The fraction of sp³-hybridized carbons (Fsp3) is 0.913. The van der Waals surface area contributed by atoms with Crippen molar-refractivity contribution in [3.05, 3.63) is 0 Å². The molecule has 0 aromatic rings. The van der Waals surface area contributed by atoms with Gasteiger partial charge in [-0.1, -0.05) is 12.8 Å². The number of hydrogen-bond donors (Lipinski definition) is 1. The van der Waals surface area contributed by atoms with Crippen LogP contribution < -0.4 is 5.32 Å². The van der Waals surface area contributed by atoms with Crippen LogP contribution in [0, 0.1) is 11.8 Å². The minimum atomic E-state index is 0.306. The largest absolute Gasteiger partial charge is 0.381 e. The van der Waals surface area contributed by atoms with Crippen LogP contribution in [0.4, 0.5) is 0 Å². The number of nitrogens with zero attached hydrogens (tertiary/aromatic N) is 4. The van der Waals surface area contributed by atoms with Gasteiger partial charge >= 0.3 is 0 Å². The normalized spacial score (nSPS) is 22.5. The Morgan fingerprint density at radius 3 is 2.47 bits per heavy atom. The van der Waals surface area contributed by atoms with Crippen molar-refractivity contribution in [3.63, 3.8) is 0 Å². The van der Waals surface area contributed by atoms with Gasteiger partial charge in [0.2, 0.25) is 5.91 Å². The van der Waals surface area contributed by atoms with Crippen molar-refractivity contribution in [1.29, 1.82) is 0 Å². The zero-order valence-corrected chi connectivity index (χ0v) is 19.3. The SMILES string of the molecule is CCNC(=NCCN1CCN(C(=O)C2CCCC2)CC1)N(C)CCC1CCOCC1. The van der Waals surface area contributed by atoms with Gasteiger partial charge in [0, 0.05) is 72.0 Å². The standard InChI is InChI=1S/C23H43N5O2/c1-3-24-23(26(2)12-8-20-9-18-30-19-10-20)25-11-13-27-14-16-28(17-15-27)22(29)21-6-4-5-7-21/h20-21H,3-19H2,1-2H3,(H,24,25). The van der Waals surface area contributed by atoms with E-state index in [2.05, 4.69) is 34.0 Å². The number of carbonyl (C=O) groups excluding carboxylic acids is 1. The second kappa shape index (κ2) is 12.5. The third kappa shape index (κ3) is 7.12. The van der Waals surface area contributed by atoms with Gasteiger partial charge in [-0.05, 0) is 44.9 Å². The van der Waals surface area contributed by atoms with E-state index in [1.54, 1.807) is 0 Å². The van der Waals surface area contributed by atoms with Gasteiger partial charge in [0.15, 0.2) is 5.96 Å². The molecule has 0 aromatic carbocycles. The molecule has 1 saturated carbocycles. The van der Waals surface area contributed by atoms with Gasteiger partial charge in [-0.25, -0.2) is 0 Å². The third-order valence-corrected chi connectivity index (χ3v) is 6.98. The number of nitrogens with one attached hydrogen (secondary N) is 1. The number of rotatable bonds is 8. The number of guanidine groups is 1. The smallest absolute Gasteiger partial charge is 0.225 e. The summed E-state index contributed by atoms with van der Waals surface area (Å²) in [4.78, 5) is 24.3. The molecule has 2 saturated heterocycles. The van der Waals surface area contributed by atoms with Gasteiger partial charge in [0.1, 0.15) is 0 Å². The zero-order chi connectivity index (χ0) is 21.2. The number of amides is 1. The third-order valence-electron chi connectivity index (χ3n) is 6.98. The summed E-state index contributed by atoms with van der Waals surface area (Å²) in [5.41, 5.74) is 0. The molecular formula is C23H43N5O2. The second-order valence-electron chi connectivity index (χ2n) is 9.15. The van der Waals surface area contributed by atoms with E-state index < -0.39 is 0 Å². The molecule has 3 fully saturated rings. The lowest BCUT2D eigenvalue weighted by Crippen LogP contribution is -2.50. The second-order valence-corrected chi connectivity index (χ2v) is 9.15. The molecule has 3 rings (SSSR count). The molecule has 1 amide bonds. The predicted octanol–water partition coefficient (Wildman–Crippen LogP) is 2.03. The van der Waals surface area contributed by atoms with E-state index in [4.69, 9.17) is 9.73 Å². The molecule has 1 aliphatic carbocycles. The van der Waals surface area contributed by atoms with Crippen LogP contribution in [0.1, 0.15) is 51.9 Å². The van der Waals surface area contributed by atoms with Crippen LogP contribution in [0.2, 0.25) is 0 Å². The van der Waals surface area contributed by atoms with Crippen molar-refractivity contribution in [3.8, 4) is 0 Å². The number of piperazine rings is 1. The zero-order valence-electron chi connectivity index (χ0n) is 19.3. The maximum Gasteiger partial charge on any atom is 0.225 e. The van der Waals surface area contributed by atoms with Crippen molar-refractivity contribution < 1.29 is 9.53 Å². The monoisotopic (exact) mass is 421 g/mol. The van der Waals surface area contributed by atoms with E-state index >= 15 is 0 Å². The summed E-state index contributed by atoms with van der Waals surface area (Å²) in [6, 6.07) is 0. The highest BCUT2D eigenvalue weighted by atomic mass is 16.5. The quantitative estimate of drug-likeness (QED) is 0.480. The molecule has 7 nitrogen and oxygen atoms in total. The highest BCUT2D eigenvalue weighted by Crippen LogP contribution is 2.26. The lowest BCUT2D eigenvalue weighted by molar-refractivity contribution is -0.137. The van der Waals surface area contributed by atoms with Crippen LogP contribution in [-0.2, 0) is 9.53 Å². The summed E-state index contributed by atoms with van der Waals surface area (Å²) in [5.74, 6) is 2.51. The molecule has 0 radical (unpaired) electrons. The van der Waals surface area contributed by atoms with E-state index in [9.17, 15) is 4.79 Å². The average Bonchev–Trinajstić information content (AvgIpc) is 3.32. The van der Waals surface area contributed by atoms with Gasteiger partial charge in [-0.2, -0.15) is 0 Å². The van der Waals surface area contributed by atoms with E-state index in [-0.39, 0.29) is 0 Å². The number of carbonyl (C=O) groups is 1. The molecule has 0 unspecified atom stereocenters. The van der Waals surface area contributed by atoms with Crippen molar-refractivity contribution in [2.75, 3.05) is 72.6 Å². The first-order valence-electron chi connectivity index (χ1n) is 12.3. The minimum absolute atomic E-state index is 0.306. The fourth-order valence-corrected chi connectivity index (χ4v) is 4.91. The van der Waals surface area contributed by atoms with E-state index in [1.807, 2.05) is 0 Å². The molecule has 2 heterocycles. The number of hydrogen-bond acceptors (Lipinski definition) is 4. The summed E-state index contributed by atoms with van der Waals surface area (Å²) >= 11 is 0. The van der Waals surface area contributed by atoms with Gasteiger partial charge < -0.3 is 19.9 Å². The lowest BCUT2D eigenvalue weighted by atomic mass is 9.96. The molecule has 172 valence electrons. The molecule has 3 aliphatic rings. The fourth-order valence-electron chi connectivity index (χ4n) is 4.91. The lowest BCUT2D eigenvalue weighted by Gasteiger charge is -2.35. The molecule has 0 spiro atoms. The van der Waals surface area contributed by atoms with Gasteiger partial charge in [0.25, 0.3) is 0 Å². The van der Waals surface area contributed by atoms with E-state index in [1.165, 1.54) is 32.1 Å². The Morgan fingerprint density at radius 2 is 1.80 bits per heavy atom. The molecule has 30 heavy (non-hydrogen) atoms. The summed E-state index contributed by atoms with van der Waals surface area (Å²) in [7, 11) is 2.15. The molecule has 0 bridgehead atoms. The van der Waals surface area contributed by atoms with E-state index in [0.29, 0.717) is 11.8 Å². The Hall–Kier alpha value is -1.34. The molecular weight excluding hydrogens is 378 g/mol. The van der Waals surface area contributed by atoms with Crippen LogP contribution in [0.15, 0.2) is 4.99 Å². The van der Waals surface area contributed by atoms with Crippen molar-refractivity contribution in [1.82, 2.24) is 20.0 Å². The first-order chi connectivity index (χ1) is 14.7. The Morgan fingerprint density at radius 1 is 1.10 bits per heavy atom. The Bertz CT molecular complexity index is 536. The van der Waals surface area contributed by atoms with Crippen molar-refractivity contribution in [2.45, 2.75) is 51.9 Å². The molecule has 2 aliphatic heterocycles. The Balaban J connectivity index is 1.37. The minimum Gasteiger partial charge on any atom is -0.381 e. The Labute approximate surface area is 183 Å². The molecule has 7 heteroatoms. The molecule has 0 atom stereocenters. The maximum atomic E-state index is 12.6.